The first-order valence-electron chi connectivity index (χ1n) is 12.7. The molecule has 0 bridgehead atoms. The van der Waals surface area contributed by atoms with Gasteiger partial charge in [-0.1, -0.05) is 26.3 Å². The first-order valence-corrected chi connectivity index (χ1v) is 12.7. The molecule has 0 radical (unpaired) electrons. The number of rotatable bonds is 7. The van der Waals surface area contributed by atoms with E-state index in [1.54, 1.807) is 0 Å². The van der Waals surface area contributed by atoms with E-state index in [1.165, 1.54) is 49.9 Å². The van der Waals surface area contributed by atoms with E-state index in [-0.39, 0.29) is 12.1 Å². The van der Waals surface area contributed by atoms with E-state index in [4.69, 9.17) is 4.74 Å². The molecule has 3 aliphatic rings. The van der Waals surface area contributed by atoms with E-state index >= 15 is 0 Å². The van der Waals surface area contributed by atoms with Gasteiger partial charge in [-0.3, -0.25) is 4.90 Å². The van der Waals surface area contributed by atoms with Crippen molar-refractivity contribution in [3.05, 3.63) is 29.3 Å². The summed E-state index contributed by atoms with van der Waals surface area (Å²) in [5.41, 5.74) is 2.98. The third kappa shape index (κ3) is 5.54. The van der Waals surface area contributed by atoms with Crippen molar-refractivity contribution in [3.63, 3.8) is 0 Å². The Bertz CT molecular complexity index is 719. The molecule has 1 saturated carbocycles. The van der Waals surface area contributed by atoms with Crippen LogP contribution in [0.3, 0.4) is 0 Å². The zero-order valence-electron chi connectivity index (χ0n) is 19.7. The number of hydrogen-bond donors (Lipinski definition) is 0. The van der Waals surface area contributed by atoms with Crippen LogP contribution in [0.2, 0.25) is 0 Å². The standard InChI is InChI=1S/C26H41N3O2/c1-3-14-28(15-4-2)26(30)29-18-12-24(13-19-29)31-25-9-8-21-10-16-27(23-6-5-7-23)17-11-22(21)20-25/h8-9,20,23-24H,3-7,10-19H2,1-2H3. The minimum Gasteiger partial charge on any atom is -0.490 e. The van der Waals surface area contributed by atoms with Crippen molar-refractivity contribution in [2.24, 2.45) is 0 Å². The molecule has 5 heteroatoms. The van der Waals surface area contributed by atoms with Gasteiger partial charge in [0, 0.05) is 58.2 Å². The molecule has 31 heavy (non-hydrogen) atoms. The number of carbonyl (C=O) groups is 1. The molecule has 0 aromatic heterocycles. The predicted octanol–water partition coefficient (Wildman–Crippen LogP) is 4.72. The number of amides is 2. The summed E-state index contributed by atoms with van der Waals surface area (Å²) in [5.74, 6) is 1.01. The molecule has 2 fully saturated rings. The molecular formula is C26H41N3O2. The average Bonchev–Trinajstić information content (AvgIpc) is 2.95. The number of carbonyl (C=O) groups excluding carboxylic acids is 1. The maximum Gasteiger partial charge on any atom is 0.320 e. The van der Waals surface area contributed by atoms with Gasteiger partial charge in [-0.2, -0.15) is 0 Å². The summed E-state index contributed by atoms with van der Waals surface area (Å²) in [6.07, 6.45) is 10.6. The maximum absolute atomic E-state index is 12.8. The van der Waals surface area contributed by atoms with Gasteiger partial charge in [-0.05, 0) is 61.8 Å². The van der Waals surface area contributed by atoms with Crippen LogP contribution in [0.5, 0.6) is 5.75 Å². The molecule has 0 spiro atoms. The summed E-state index contributed by atoms with van der Waals surface area (Å²) in [5, 5.41) is 0. The van der Waals surface area contributed by atoms with Gasteiger partial charge in [0.1, 0.15) is 11.9 Å². The lowest BCUT2D eigenvalue weighted by atomic mass is 9.91. The molecule has 4 rings (SSSR count). The lowest BCUT2D eigenvalue weighted by Crippen LogP contribution is -2.48. The Balaban J connectivity index is 1.28. The van der Waals surface area contributed by atoms with E-state index in [0.717, 1.165) is 70.1 Å². The number of fused-ring (bicyclic) bond motifs is 1. The lowest BCUT2D eigenvalue weighted by Gasteiger charge is -2.36. The van der Waals surface area contributed by atoms with Crippen LogP contribution in [0.25, 0.3) is 0 Å². The van der Waals surface area contributed by atoms with Gasteiger partial charge in [0.2, 0.25) is 0 Å². The number of piperidine rings is 1. The molecule has 5 nitrogen and oxygen atoms in total. The zero-order chi connectivity index (χ0) is 21.6. The Kier molecular flexibility index (Phi) is 7.76. The van der Waals surface area contributed by atoms with Gasteiger partial charge in [0.15, 0.2) is 0 Å². The molecule has 2 amide bonds. The second kappa shape index (κ2) is 10.7. The fourth-order valence-electron chi connectivity index (χ4n) is 5.31. The van der Waals surface area contributed by atoms with Gasteiger partial charge < -0.3 is 14.5 Å². The van der Waals surface area contributed by atoms with Crippen molar-refractivity contribution in [1.29, 1.82) is 0 Å². The number of benzene rings is 1. The fourth-order valence-corrected chi connectivity index (χ4v) is 5.31. The lowest BCUT2D eigenvalue weighted by molar-refractivity contribution is 0.0945. The van der Waals surface area contributed by atoms with E-state index in [1.807, 2.05) is 9.80 Å². The highest BCUT2D eigenvalue weighted by Crippen LogP contribution is 2.29. The van der Waals surface area contributed by atoms with Crippen molar-refractivity contribution in [2.75, 3.05) is 39.3 Å². The normalized spacial score (nSPS) is 20.6. The third-order valence-corrected chi connectivity index (χ3v) is 7.38. The topological polar surface area (TPSA) is 36.0 Å². The smallest absolute Gasteiger partial charge is 0.320 e. The van der Waals surface area contributed by atoms with Crippen LogP contribution < -0.4 is 4.74 Å². The number of ether oxygens (including phenoxy) is 1. The number of nitrogens with zero attached hydrogens (tertiary/aromatic N) is 3. The van der Waals surface area contributed by atoms with E-state index in [2.05, 4.69) is 36.9 Å². The molecule has 1 aromatic rings. The first kappa shape index (κ1) is 22.4. The molecule has 1 aliphatic carbocycles. The van der Waals surface area contributed by atoms with Crippen molar-refractivity contribution in [2.45, 2.75) is 83.8 Å². The van der Waals surface area contributed by atoms with Crippen LogP contribution in [0.4, 0.5) is 4.79 Å². The number of likely N-dealkylation sites (tertiary alicyclic amines) is 1. The van der Waals surface area contributed by atoms with Crippen LogP contribution >= 0.6 is 0 Å². The number of urea groups is 1. The minimum absolute atomic E-state index is 0.211. The average molecular weight is 428 g/mol. The fraction of sp³-hybridized carbons (Fsp3) is 0.731. The second-order valence-corrected chi connectivity index (χ2v) is 9.63. The Hall–Kier alpha value is -1.75. The third-order valence-electron chi connectivity index (χ3n) is 7.38. The van der Waals surface area contributed by atoms with Gasteiger partial charge >= 0.3 is 6.03 Å². The van der Waals surface area contributed by atoms with E-state index in [9.17, 15) is 4.79 Å². The Morgan fingerprint density at radius 2 is 1.65 bits per heavy atom. The monoisotopic (exact) mass is 427 g/mol. The molecule has 1 aromatic carbocycles. The molecule has 0 unspecified atom stereocenters. The summed E-state index contributed by atoms with van der Waals surface area (Å²) >= 11 is 0. The van der Waals surface area contributed by atoms with Crippen molar-refractivity contribution in [3.8, 4) is 5.75 Å². The van der Waals surface area contributed by atoms with E-state index < -0.39 is 0 Å². The molecule has 2 aliphatic heterocycles. The van der Waals surface area contributed by atoms with Crippen molar-refractivity contribution in [1.82, 2.24) is 14.7 Å². The van der Waals surface area contributed by atoms with Crippen LogP contribution in [0.15, 0.2) is 18.2 Å². The maximum atomic E-state index is 12.8. The summed E-state index contributed by atoms with van der Waals surface area (Å²) < 4.78 is 6.39. The van der Waals surface area contributed by atoms with Crippen LogP contribution in [-0.4, -0.2) is 72.1 Å². The van der Waals surface area contributed by atoms with Gasteiger partial charge in [-0.15, -0.1) is 0 Å². The first-order chi connectivity index (χ1) is 15.2. The molecule has 1 saturated heterocycles. The number of hydrogen-bond acceptors (Lipinski definition) is 3. The quantitative estimate of drug-likeness (QED) is 0.631. The summed E-state index contributed by atoms with van der Waals surface area (Å²) in [4.78, 5) is 19.6. The highest BCUT2D eigenvalue weighted by molar-refractivity contribution is 5.74. The van der Waals surface area contributed by atoms with Crippen LogP contribution in [-0.2, 0) is 12.8 Å². The highest BCUT2D eigenvalue weighted by Gasteiger charge is 2.28. The largest absolute Gasteiger partial charge is 0.490 e. The SMILES string of the molecule is CCCN(CCC)C(=O)N1CCC(Oc2ccc3c(c2)CCN(C2CCC2)CC3)CC1. The van der Waals surface area contributed by atoms with Crippen LogP contribution in [0, 0.1) is 0 Å². The molecule has 172 valence electrons. The Labute approximate surface area is 188 Å². The zero-order valence-corrected chi connectivity index (χ0v) is 19.7. The Morgan fingerprint density at radius 1 is 0.968 bits per heavy atom. The van der Waals surface area contributed by atoms with Crippen molar-refractivity contribution < 1.29 is 9.53 Å². The minimum atomic E-state index is 0.211. The predicted molar refractivity (Wildman–Crippen MR) is 126 cm³/mol. The Morgan fingerprint density at radius 3 is 2.26 bits per heavy atom. The summed E-state index contributed by atoms with van der Waals surface area (Å²) in [6, 6.07) is 7.80. The van der Waals surface area contributed by atoms with Crippen LogP contribution in [0.1, 0.15) is 69.9 Å². The van der Waals surface area contributed by atoms with Crippen molar-refractivity contribution >= 4 is 6.03 Å². The van der Waals surface area contributed by atoms with Gasteiger partial charge in [0.05, 0.1) is 0 Å². The highest BCUT2D eigenvalue weighted by atomic mass is 16.5. The molecule has 2 heterocycles. The molecular weight excluding hydrogens is 386 g/mol. The van der Waals surface area contributed by atoms with Gasteiger partial charge in [0.25, 0.3) is 0 Å². The molecule has 0 atom stereocenters. The summed E-state index contributed by atoms with van der Waals surface area (Å²) in [7, 11) is 0. The summed E-state index contributed by atoms with van der Waals surface area (Å²) in [6.45, 7) is 9.99. The van der Waals surface area contributed by atoms with E-state index in [0.29, 0.717) is 0 Å². The second-order valence-electron chi connectivity index (χ2n) is 9.63. The van der Waals surface area contributed by atoms with Gasteiger partial charge in [-0.25, -0.2) is 4.79 Å². The molecule has 0 N–H and O–H groups in total.